The van der Waals surface area contributed by atoms with E-state index in [2.05, 4.69) is 30.9 Å². The Morgan fingerprint density at radius 2 is 2.15 bits per heavy atom. The van der Waals surface area contributed by atoms with Gasteiger partial charge in [-0.2, -0.15) is 0 Å². The lowest BCUT2D eigenvalue weighted by atomic mass is 9.79. The Hall–Kier alpha value is -1.95. The van der Waals surface area contributed by atoms with Crippen molar-refractivity contribution >= 4 is 17.0 Å². The van der Waals surface area contributed by atoms with Gasteiger partial charge in [0.2, 0.25) is 0 Å². The number of nitrogens with zero attached hydrogens (tertiary/aromatic N) is 3. The maximum absolute atomic E-state index is 13.4. The molecule has 1 saturated heterocycles. The topological polar surface area (TPSA) is 85.2 Å². The molecule has 4 rings (SSSR count). The molecule has 6 heteroatoms. The van der Waals surface area contributed by atoms with Crippen LogP contribution in [0.25, 0.3) is 11.1 Å². The summed E-state index contributed by atoms with van der Waals surface area (Å²) in [7, 11) is 0. The number of aromatic nitrogens is 2. The Balaban J connectivity index is 1.76. The molecule has 2 N–H and O–H groups in total. The van der Waals surface area contributed by atoms with Gasteiger partial charge in [0.25, 0.3) is 11.6 Å². The molecule has 3 heterocycles. The number of pyridine rings is 1. The van der Waals surface area contributed by atoms with Gasteiger partial charge in [-0.25, -0.2) is 4.98 Å². The standard InChI is InChI=1S/C20H28N4O2/c1-4-5-14-17-13(10-15(12-6-7-12)22-18(17)26-23-14)19(25)24-9-8-16(21)20(2,3)11-24/h10,12,16H,4-9,11,21H2,1-3H3. The van der Waals surface area contributed by atoms with E-state index in [9.17, 15) is 4.79 Å². The Labute approximate surface area is 154 Å². The van der Waals surface area contributed by atoms with Crippen LogP contribution in [0.5, 0.6) is 0 Å². The van der Waals surface area contributed by atoms with Crippen LogP contribution >= 0.6 is 0 Å². The molecule has 1 saturated carbocycles. The molecule has 0 radical (unpaired) electrons. The minimum absolute atomic E-state index is 0.0554. The molecule has 2 aromatic rings. The van der Waals surface area contributed by atoms with Gasteiger partial charge >= 0.3 is 0 Å². The first kappa shape index (κ1) is 17.5. The highest BCUT2D eigenvalue weighted by molar-refractivity contribution is 6.06. The highest BCUT2D eigenvalue weighted by Crippen LogP contribution is 2.41. The van der Waals surface area contributed by atoms with Gasteiger partial charge in [0.15, 0.2) is 0 Å². The van der Waals surface area contributed by atoms with Crippen LogP contribution in [0.4, 0.5) is 0 Å². The van der Waals surface area contributed by atoms with E-state index in [4.69, 9.17) is 10.3 Å². The zero-order valence-electron chi connectivity index (χ0n) is 15.9. The number of likely N-dealkylation sites (tertiary alicyclic amines) is 1. The van der Waals surface area contributed by atoms with Crippen molar-refractivity contribution in [1.82, 2.24) is 15.0 Å². The van der Waals surface area contributed by atoms with Gasteiger partial charge in [-0.05, 0) is 37.2 Å². The van der Waals surface area contributed by atoms with Crippen LogP contribution in [0.1, 0.15) is 74.1 Å². The van der Waals surface area contributed by atoms with Crippen LogP contribution in [0.2, 0.25) is 0 Å². The van der Waals surface area contributed by atoms with E-state index in [0.29, 0.717) is 30.3 Å². The van der Waals surface area contributed by atoms with Crippen molar-refractivity contribution in [2.75, 3.05) is 13.1 Å². The van der Waals surface area contributed by atoms with Crippen molar-refractivity contribution in [3.8, 4) is 0 Å². The number of fused-ring (bicyclic) bond motifs is 1. The molecule has 2 aliphatic rings. The Morgan fingerprint density at radius 1 is 1.38 bits per heavy atom. The molecule has 6 nitrogen and oxygen atoms in total. The Kier molecular flexibility index (Phi) is 4.26. The lowest BCUT2D eigenvalue weighted by Gasteiger charge is -2.42. The molecular formula is C20H28N4O2. The molecule has 0 bridgehead atoms. The van der Waals surface area contributed by atoms with Crippen molar-refractivity contribution in [2.45, 2.75) is 64.8 Å². The maximum atomic E-state index is 13.4. The fourth-order valence-corrected chi connectivity index (χ4v) is 3.91. The fraction of sp³-hybridized carbons (Fsp3) is 0.650. The molecule has 2 aromatic heterocycles. The summed E-state index contributed by atoms with van der Waals surface area (Å²) < 4.78 is 5.50. The molecule has 1 aliphatic heterocycles. The Bertz CT molecular complexity index is 838. The van der Waals surface area contributed by atoms with Gasteiger partial charge in [-0.15, -0.1) is 0 Å². The molecule has 140 valence electrons. The smallest absolute Gasteiger partial charge is 0.259 e. The number of carbonyl (C=O) groups is 1. The third-order valence-corrected chi connectivity index (χ3v) is 5.85. The molecule has 2 fully saturated rings. The maximum Gasteiger partial charge on any atom is 0.259 e. The molecule has 0 aromatic carbocycles. The third-order valence-electron chi connectivity index (χ3n) is 5.85. The van der Waals surface area contributed by atoms with E-state index in [-0.39, 0.29) is 17.4 Å². The summed E-state index contributed by atoms with van der Waals surface area (Å²) in [5.74, 6) is 0.511. The fourth-order valence-electron chi connectivity index (χ4n) is 3.91. The predicted molar refractivity (Wildman–Crippen MR) is 100 cm³/mol. The number of nitrogens with two attached hydrogens (primary N) is 1. The summed E-state index contributed by atoms with van der Waals surface area (Å²) in [6, 6.07) is 2.11. The summed E-state index contributed by atoms with van der Waals surface area (Å²) in [5.41, 5.74) is 9.18. The minimum Gasteiger partial charge on any atom is -0.338 e. The lowest BCUT2D eigenvalue weighted by Crippen LogP contribution is -2.54. The number of hydrogen-bond donors (Lipinski definition) is 1. The highest BCUT2D eigenvalue weighted by atomic mass is 16.5. The van der Waals surface area contributed by atoms with Crippen molar-refractivity contribution in [2.24, 2.45) is 11.1 Å². The summed E-state index contributed by atoms with van der Waals surface area (Å²) >= 11 is 0. The second-order valence-electron chi connectivity index (χ2n) is 8.54. The number of amides is 1. The van der Waals surface area contributed by atoms with E-state index < -0.39 is 0 Å². The van der Waals surface area contributed by atoms with E-state index in [1.54, 1.807) is 0 Å². The second kappa shape index (κ2) is 6.34. The van der Waals surface area contributed by atoms with Crippen molar-refractivity contribution in [1.29, 1.82) is 0 Å². The van der Waals surface area contributed by atoms with Crippen LogP contribution in [0.3, 0.4) is 0 Å². The van der Waals surface area contributed by atoms with Crippen molar-refractivity contribution in [3.63, 3.8) is 0 Å². The van der Waals surface area contributed by atoms with Crippen LogP contribution < -0.4 is 5.73 Å². The van der Waals surface area contributed by atoms with E-state index in [0.717, 1.165) is 48.9 Å². The summed E-state index contributed by atoms with van der Waals surface area (Å²) in [5, 5.41) is 5.01. The third kappa shape index (κ3) is 3.00. The zero-order valence-corrected chi connectivity index (χ0v) is 15.9. The van der Waals surface area contributed by atoms with Crippen LogP contribution in [-0.2, 0) is 6.42 Å². The molecular weight excluding hydrogens is 328 g/mol. The van der Waals surface area contributed by atoms with Gasteiger partial charge in [0.05, 0.1) is 16.6 Å². The predicted octanol–water partition coefficient (Wildman–Crippen LogP) is 3.25. The van der Waals surface area contributed by atoms with Gasteiger partial charge in [0, 0.05) is 30.7 Å². The zero-order chi connectivity index (χ0) is 18.5. The average molecular weight is 356 g/mol. The van der Waals surface area contributed by atoms with E-state index in [1.807, 2.05) is 11.0 Å². The molecule has 1 atom stereocenters. The first-order valence-corrected chi connectivity index (χ1v) is 9.74. The minimum atomic E-state index is -0.0831. The number of hydrogen-bond acceptors (Lipinski definition) is 5. The van der Waals surface area contributed by atoms with E-state index >= 15 is 0 Å². The highest BCUT2D eigenvalue weighted by Gasteiger charge is 2.37. The largest absolute Gasteiger partial charge is 0.338 e. The van der Waals surface area contributed by atoms with Crippen LogP contribution in [0, 0.1) is 5.41 Å². The number of aryl methyl sites for hydroxylation is 1. The van der Waals surface area contributed by atoms with E-state index in [1.165, 1.54) is 0 Å². The molecule has 26 heavy (non-hydrogen) atoms. The quantitative estimate of drug-likeness (QED) is 0.909. The molecule has 1 unspecified atom stereocenters. The normalized spacial score (nSPS) is 22.8. The van der Waals surface area contributed by atoms with Crippen molar-refractivity contribution < 1.29 is 9.32 Å². The summed E-state index contributed by atoms with van der Waals surface area (Å²) in [6.45, 7) is 7.74. The lowest BCUT2D eigenvalue weighted by molar-refractivity contribution is 0.0534. The van der Waals surface area contributed by atoms with Gasteiger partial charge in [-0.1, -0.05) is 32.3 Å². The first-order chi connectivity index (χ1) is 12.4. The molecule has 1 amide bonds. The number of carbonyl (C=O) groups excluding carboxylic acids is 1. The van der Waals surface area contributed by atoms with Gasteiger partial charge in [0.1, 0.15) is 0 Å². The summed E-state index contributed by atoms with van der Waals surface area (Å²) in [6.07, 6.45) is 4.83. The van der Waals surface area contributed by atoms with Gasteiger partial charge < -0.3 is 15.2 Å². The first-order valence-electron chi connectivity index (χ1n) is 9.74. The average Bonchev–Trinajstić information content (AvgIpc) is 3.38. The van der Waals surface area contributed by atoms with Crippen LogP contribution in [-0.4, -0.2) is 40.1 Å². The molecule has 1 aliphatic carbocycles. The number of rotatable bonds is 4. The second-order valence-corrected chi connectivity index (χ2v) is 8.54. The molecule has 0 spiro atoms. The van der Waals surface area contributed by atoms with Gasteiger partial charge in [-0.3, -0.25) is 4.79 Å². The van der Waals surface area contributed by atoms with Crippen molar-refractivity contribution in [3.05, 3.63) is 23.0 Å². The summed E-state index contributed by atoms with van der Waals surface area (Å²) in [4.78, 5) is 20.0. The monoisotopic (exact) mass is 356 g/mol. The SMILES string of the molecule is CCCc1noc2nc(C3CC3)cc(C(=O)N3CCC(N)C(C)(C)C3)c12. The Morgan fingerprint density at radius 3 is 2.81 bits per heavy atom. The number of piperidine rings is 1. The van der Waals surface area contributed by atoms with Crippen LogP contribution in [0.15, 0.2) is 10.6 Å².